The van der Waals surface area contributed by atoms with Crippen molar-refractivity contribution in [3.8, 4) is 0 Å². The molecule has 9 nitrogen and oxygen atoms in total. The van der Waals surface area contributed by atoms with Gasteiger partial charge in [-0.1, -0.05) is 129 Å². The van der Waals surface area contributed by atoms with E-state index in [0.29, 0.717) is 12.8 Å². The number of aliphatic hydroxyl groups excluding tert-OH is 5. The Labute approximate surface area is 280 Å². The number of nitrogens with one attached hydrogen (secondary N) is 1. The number of hydrogen-bond acceptors (Lipinski definition) is 8. The van der Waals surface area contributed by atoms with E-state index in [4.69, 9.17) is 9.47 Å². The van der Waals surface area contributed by atoms with E-state index in [0.717, 1.165) is 51.4 Å². The van der Waals surface area contributed by atoms with E-state index in [2.05, 4.69) is 31.3 Å². The van der Waals surface area contributed by atoms with Crippen molar-refractivity contribution in [2.45, 2.75) is 204 Å². The average Bonchev–Trinajstić information content (AvgIpc) is 3.05. The summed E-state index contributed by atoms with van der Waals surface area (Å²) >= 11 is 0. The number of allylic oxidation sites excluding steroid dienone is 2. The van der Waals surface area contributed by atoms with Gasteiger partial charge in [0.1, 0.15) is 24.4 Å². The Balaban J connectivity index is 2.44. The third kappa shape index (κ3) is 20.3. The summed E-state index contributed by atoms with van der Waals surface area (Å²) in [4.78, 5) is 12.8. The van der Waals surface area contributed by atoms with Crippen LogP contribution >= 0.6 is 0 Å². The van der Waals surface area contributed by atoms with Gasteiger partial charge in [-0.2, -0.15) is 0 Å². The molecule has 0 aliphatic carbocycles. The van der Waals surface area contributed by atoms with Gasteiger partial charge in [-0.25, -0.2) is 0 Å². The zero-order valence-corrected chi connectivity index (χ0v) is 29.3. The molecule has 0 aromatic rings. The lowest BCUT2D eigenvalue weighted by molar-refractivity contribution is -0.302. The lowest BCUT2D eigenvalue weighted by Gasteiger charge is -2.40. The predicted octanol–water partition coefficient (Wildman–Crippen LogP) is 6.22. The van der Waals surface area contributed by atoms with E-state index in [1.807, 2.05) is 0 Å². The van der Waals surface area contributed by atoms with E-state index >= 15 is 0 Å². The standard InChI is InChI=1S/C37H71NO8/c1-3-5-7-9-11-13-15-16-17-19-21-23-25-27-33(41)38-30(29-45-37-36(44)35(43)34(42)32(28-39)46-37)31(40)26-24-22-20-18-14-12-10-8-6-4-2/h13,15,30-32,34-37,39-40,42-44H,3-12,14,16-29H2,1-2H3,(H,38,41)/b15-13-. The van der Waals surface area contributed by atoms with Crippen LogP contribution in [0.2, 0.25) is 0 Å². The molecule has 6 N–H and O–H groups in total. The number of rotatable bonds is 30. The van der Waals surface area contributed by atoms with Crippen LogP contribution in [0.3, 0.4) is 0 Å². The fourth-order valence-corrected chi connectivity index (χ4v) is 5.98. The normalized spacial score (nSPS) is 23.2. The molecule has 0 bridgehead atoms. The maximum absolute atomic E-state index is 12.8. The number of unbranched alkanes of at least 4 members (excludes halogenated alkanes) is 18. The minimum atomic E-state index is -1.55. The molecule has 272 valence electrons. The van der Waals surface area contributed by atoms with E-state index in [-0.39, 0.29) is 12.5 Å². The minimum absolute atomic E-state index is 0.139. The zero-order chi connectivity index (χ0) is 33.8. The summed E-state index contributed by atoms with van der Waals surface area (Å²) < 4.78 is 11.2. The first-order valence-electron chi connectivity index (χ1n) is 18.9. The average molecular weight is 658 g/mol. The number of hydrogen-bond donors (Lipinski definition) is 6. The first-order valence-corrected chi connectivity index (χ1v) is 18.9. The van der Waals surface area contributed by atoms with Gasteiger partial charge >= 0.3 is 0 Å². The molecule has 9 heteroatoms. The van der Waals surface area contributed by atoms with Crippen molar-refractivity contribution in [1.29, 1.82) is 0 Å². The summed E-state index contributed by atoms with van der Waals surface area (Å²) in [6.45, 7) is 3.77. The van der Waals surface area contributed by atoms with E-state index in [1.165, 1.54) is 83.5 Å². The molecule has 46 heavy (non-hydrogen) atoms. The van der Waals surface area contributed by atoms with Crippen LogP contribution in [0.5, 0.6) is 0 Å². The Hall–Kier alpha value is -1.07. The number of carbonyl (C=O) groups is 1. The molecule has 1 aliphatic rings. The smallest absolute Gasteiger partial charge is 0.220 e. The third-order valence-corrected chi connectivity index (χ3v) is 9.12. The van der Waals surface area contributed by atoms with Crippen LogP contribution in [-0.4, -0.2) is 87.5 Å². The van der Waals surface area contributed by atoms with Gasteiger partial charge in [0.15, 0.2) is 6.29 Å². The zero-order valence-electron chi connectivity index (χ0n) is 29.3. The van der Waals surface area contributed by atoms with Gasteiger partial charge in [0.05, 0.1) is 25.4 Å². The topological polar surface area (TPSA) is 149 Å². The monoisotopic (exact) mass is 658 g/mol. The van der Waals surface area contributed by atoms with Crippen LogP contribution < -0.4 is 5.32 Å². The Morgan fingerprint density at radius 2 is 1.22 bits per heavy atom. The number of amides is 1. The van der Waals surface area contributed by atoms with Crippen LogP contribution in [0.25, 0.3) is 0 Å². The highest BCUT2D eigenvalue weighted by molar-refractivity contribution is 5.76. The van der Waals surface area contributed by atoms with E-state index in [1.54, 1.807) is 0 Å². The lowest BCUT2D eigenvalue weighted by Crippen LogP contribution is -2.60. The quantitative estimate of drug-likeness (QED) is 0.0394. The van der Waals surface area contributed by atoms with Gasteiger partial charge in [0, 0.05) is 6.42 Å². The molecule has 1 heterocycles. The molecule has 0 saturated carbocycles. The van der Waals surface area contributed by atoms with Gasteiger partial charge in [0.25, 0.3) is 0 Å². The maximum atomic E-state index is 12.8. The van der Waals surface area contributed by atoms with E-state index < -0.39 is 49.5 Å². The van der Waals surface area contributed by atoms with Gasteiger partial charge in [0.2, 0.25) is 5.91 Å². The molecule has 1 saturated heterocycles. The summed E-state index contributed by atoms with van der Waals surface area (Å²) in [5.74, 6) is -0.157. The van der Waals surface area contributed by atoms with Crippen LogP contribution in [0.15, 0.2) is 12.2 Å². The highest BCUT2D eigenvalue weighted by Crippen LogP contribution is 2.23. The number of ether oxygens (including phenoxy) is 2. The van der Waals surface area contributed by atoms with E-state index in [9.17, 15) is 30.3 Å². The Bertz CT molecular complexity index is 736. The highest BCUT2D eigenvalue weighted by Gasteiger charge is 2.44. The molecule has 0 aromatic carbocycles. The molecule has 0 spiro atoms. The second-order valence-electron chi connectivity index (χ2n) is 13.4. The fraction of sp³-hybridized carbons (Fsp3) is 0.919. The van der Waals surface area contributed by atoms with Gasteiger partial charge in [-0.05, 0) is 38.5 Å². The van der Waals surface area contributed by atoms with Crippen molar-refractivity contribution in [3.63, 3.8) is 0 Å². The Morgan fingerprint density at radius 3 is 1.78 bits per heavy atom. The number of aliphatic hydroxyl groups is 5. The second-order valence-corrected chi connectivity index (χ2v) is 13.4. The molecule has 1 amide bonds. The first-order chi connectivity index (χ1) is 22.3. The van der Waals surface area contributed by atoms with Crippen LogP contribution in [0.1, 0.15) is 162 Å². The summed E-state index contributed by atoms with van der Waals surface area (Å²) in [5, 5.41) is 53.9. The molecular formula is C37H71NO8. The summed E-state index contributed by atoms with van der Waals surface area (Å²) in [6, 6.07) is -0.716. The summed E-state index contributed by atoms with van der Waals surface area (Å²) in [5.41, 5.74) is 0. The van der Waals surface area contributed by atoms with Gasteiger partial charge in [-0.3, -0.25) is 4.79 Å². The summed E-state index contributed by atoms with van der Waals surface area (Å²) in [7, 11) is 0. The molecule has 1 aliphatic heterocycles. The fourth-order valence-electron chi connectivity index (χ4n) is 5.98. The molecule has 1 fully saturated rings. The van der Waals surface area contributed by atoms with Crippen molar-refractivity contribution >= 4 is 5.91 Å². The van der Waals surface area contributed by atoms with Crippen LogP contribution in [0, 0.1) is 0 Å². The lowest BCUT2D eigenvalue weighted by atomic mass is 9.99. The Kier molecular flexibility index (Phi) is 27.0. The summed E-state index contributed by atoms with van der Waals surface area (Å²) in [6.07, 6.45) is 22.2. The highest BCUT2D eigenvalue weighted by atomic mass is 16.7. The molecule has 7 unspecified atom stereocenters. The van der Waals surface area contributed by atoms with Crippen molar-refractivity contribution < 1.29 is 39.8 Å². The SMILES string of the molecule is CCCCCC/C=C\CCCCCCCC(=O)NC(COC1OC(CO)C(O)C(O)C1O)C(O)CCCCCCCCCCCC. The number of carbonyl (C=O) groups excluding carboxylic acids is 1. The first kappa shape index (κ1) is 43.0. The van der Waals surface area contributed by atoms with Crippen LogP contribution in [-0.2, 0) is 14.3 Å². The van der Waals surface area contributed by atoms with Crippen LogP contribution in [0.4, 0.5) is 0 Å². The largest absolute Gasteiger partial charge is 0.394 e. The second kappa shape index (κ2) is 28.9. The van der Waals surface area contributed by atoms with Crippen molar-refractivity contribution in [2.24, 2.45) is 0 Å². The van der Waals surface area contributed by atoms with Crippen molar-refractivity contribution in [2.75, 3.05) is 13.2 Å². The molecule has 0 aromatic heterocycles. The maximum Gasteiger partial charge on any atom is 0.220 e. The van der Waals surface area contributed by atoms with Gasteiger partial charge < -0.3 is 40.3 Å². The Morgan fingerprint density at radius 1 is 0.717 bits per heavy atom. The minimum Gasteiger partial charge on any atom is -0.394 e. The van der Waals surface area contributed by atoms with Crippen molar-refractivity contribution in [1.82, 2.24) is 5.32 Å². The van der Waals surface area contributed by atoms with Crippen molar-refractivity contribution in [3.05, 3.63) is 12.2 Å². The molecular weight excluding hydrogens is 586 g/mol. The molecule has 0 radical (unpaired) electrons. The van der Waals surface area contributed by atoms with Gasteiger partial charge in [-0.15, -0.1) is 0 Å². The molecule has 7 atom stereocenters. The predicted molar refractivity (Wildman–Crippen MR) is 184 cm³/mol. The molecule has 1 rings (SSSR count). The third-order valence-electron chi connectivity index (χ3n) is 9.12.